The predicted octanol–water partition coefficient (Wildman–Crippen LogP) is 1.75. The van der Waals surface area contributed by atoms with Gasteiger partial charge in [-0.1, -0.05) is 0 Å². The summed E-state index contributed by atoms with van der Waals surface area (Å²) in [5.41, 5.74) is -0.393. The van der Waals surface area contributed by atoms with Crippen molar-refractivity contribution in [3.8, 4) is 0 Å². The first-order valence-electron chi connectivity index (χ1n) is 6.20. The second-order valence-electron chi connectivity index (χ2n) is 5.73. The molecule has 2 aliphatic rings. The Labute approximate surface area is 97.3 Å². The fraction of sp³-hybridized carbons (Fsp3) is 0.917. The van der Waals surface area contributed by atoms with Crippen LogP contribution in [-0.4, -0.2) is 41.8 Å². The minimum atomic E-state index is -0.393. The number of hydrogen-bond donors (Lipinski definition) is 1. The molecule has 2 rings (SSSR count). The van der Waals surface area contributed by atoms with E-state index in [4.69, 9.17) is 4.74 Å². The van der Waals surface area contributed by atoms with E-state index < -0.39 is 5.60 Å². The summed E-state index contributed by atoms with van der Waals surface area (Å²) in [6, 6.07) is 0.838. The summed E-state index contributed by atoms with van der Waals surface area (Å²) in [5.74, 6) is 0. The normalized spacial score (nSPS) is 30.1. The van der Waals surface area contributed by atoms with Gasteiger partial charge in [-0.15, -0.1) is 0 Å². The minimum Gasteiger partial charge on any atom is -0.444 e. The molecule has 1 heterocycles. The van der Waals surface area contributed by atoms with E-state index in [0.717, 1.165) is 19.5 Å². The van der Waals surface area contributed by atoms with Gasteiger partial charge in [-0.25, -0.2) is 4.79 Å². The van der Waals surface area contributed by atoms with E-state index in [2.05, 4.69) is 5.32 Å². The fourth-order valence-electron chi connectivity index (χ4n) is 2.64. The van der Waals surface area contributed by atoms with Crippen LogP contribution in [0, 0.1) is 0 Å². The molecule has 1 saturated heterocycles. The van der Waals surface area contributed by atoms with Crippen molar-refractivity contribution in [2.75, 3.05) is 13.1 Å². The molecule has 4 heteroatoms. The van der Waals surface area contributed by atoms with Gasteiger partial charge >= 0.3 is 6.09 Å². The minimum absolute atomic E-state index is 0.147. The lowest BCUT2D eigenvalue weighted by Crippen LogP contribution is -2.57. The van der Waals surface area contributed by atoms with Crippen LogP contribution < -0.4 is 5.32 Å². The Morgan fingerprint density at radius 3 is 2.81 bits per heavy atom. The summed E-state index contributed by atoms with van der Waals surface area (Å²) in [5, 5.41) is 3.48. The molecule has 0 aromatic carbocycles. The highest BCUT2D eigenvalue weighted by atomic mass is 16.6. The lowest BCUT2D eigenvalue weighted by Gasteiger charge is -2.39. The highest BCUT2D eigenvalue weighted by Gasteiger charge is 2.38. The Bertz CT molecular complexity index is 273. The molecule has 0 radical (unpaired) electrons. The third-order valence-corrected chi connectivity index (χ3v) is 3.27. The van der Waals surface area contributed by atoms with Crippen LogP contribution >= 0.6 is 0 Å². The van der Waals surface area contributed by atoms with Gasteiger partial charge < -0.3 is 15.0 Å². The average molecular weight is 226 g/mol. The molecular formula is C12H22N2O2. The first-order valence-corrected chi connectivity index (χ1v) is 6.20. The lowest BCUT2D eigenvalue weighted by atomic mass is 10.1. The molecule has 1 amide bonds. The van der Waals surface area contributed by atoms with Crippen molar-refractivity contribution in [1.82, 2.24) is 10.2 Å². The number of carbonyl (C=O) groups excluding carboxylic acids is 1. The molecule has 92 valence electrons. The molecule has 16 heavy (non-hydrogen) atoms. The zero-order valence-electron chi connectivity index (χ0n) is 10.5. The van der Waals surface area contributed by atoms with Gasteiger partial charge in [0.2, 0.25) is 0 Å². The van der Waals surface area contributed by atoms with Gasteiger partial charge in [0.1, 0.15) is 5.60 Å². The maximum absolute atomic E-state index is 12.0. The van der Waals surface area contributed by atoms with Crippen molar-refractivity contribution in [1.29, 1.82) is 0 Å². The van der Waals surface area contributed by atoms with E-state index in [9.17, 15) is 4.79 Å². The molecule has 0 aromatic heterocycles. The zero-order chi connectivity index (χ0) is 11.8. The SMILES string of the molecule is CC(C)(C)OC(=O)N1CCN[C@@H]2CCC[C@@H]21. The summed E-state index contributed by atoms with van der Waals surface area (Å²) >= 11 is 0. The van der Waals surface area contributed by atoms with E-state index >= 15 is 0 Å². The quantitative estimate of drug-likeness (QED) is 0.684. The van der Waals surface area contributed by atoms with E-state index in [1.54, 1.807) is 0 Å². The zero-order valence-corrected chi connectivity index (χ0v) is 10.5. The van der Waals surface area contributed by atoms with Gasteiger partial charge in [0.05, 0.1) is 6.04 Å². The third kappa shape index (κ3) is 2.48. The van der Waals surface area contributed by atoms with Crippen LogP contribution in [0.25, 0.3) is 0 Å². The van der Waals surface area contributed by atoms with Crippen molar-refractivity contribution in [2.45, 2.75) is 57.7 Å². The van der Waals surface area contributed by atoms with E-state index in [1.165, 1.54) is 12.8 Å². The summed E-state index contributed by atoms with van der Waals surface area (Å²) in [4.78, 5) is 13.9. The molecule has 1 N–H and O–H groups in total. The molecule has 0 spiro atoms. The van der Waals surface area contributed by atoms with Crippen molar-refractivity contribution in [3.05, 3.63) is 0 Å². The average Bonchev–Trinajstić information content (AvgIpc) is 2.61. The maximum atomic E-state index is 12.0. The predicted molar refractivity (Wildman–Crippen MR) is 62.4 cm³/mol. The fourth-order valence-corrected chi connectivity index (χ4v) is 2.64. The van der Waals surface area contributed by atoms with Gasteiger partial charge in [0, 0.05) is 19.1 Å². The molecule has 0 aromatic rings. The summed E-state index contributed by atoms with van der Waals surface area (Å²) < 4.78 is 5.44. The van der Waals surface area contributed by atoms with Crippen LogP contribution in [-0.2, 0) is 4.74 Å². The topological polar surface area (TPSA) is 41.6 Å². The van der Waals surface area contributed by atoms with Gasteiger partial charge in [-0.2, -0.15) is 0 Å². The monoisotopic (exact) mass is 226 g/mol. The Kier molecular flexibility index (Phi) is 3.10. The van der Waals surface area contributed by atoms with Gasteiger partial charge in [-0.05, 0) is 40.0 Å². The molecule has 0 bridgehead atoms. The standard InChI is InChI=1S/C12H22N2O2/c1-12(2,3)16-11(15)14-8-7-13-9-5-4-6-10(9)14/h9-10,13H,4-8H2,1-3H3/t9-,10+/m1/s1. The molecular weight excluding hydrogens is 204 g/mol. The van der Waals surface area contributed by atoms with Crippen molar-refractivity contribution >= 4 is 6.09 Å². The van der Waals surface area contributed by atoms with Crippen LogP contribution in [0.15, 0.2) is 0 Å². The van der Waals surface area contributed by atoms with Crippen molar-refractivity contribution < 1.29 is 9.53 Å². The molecule has 0 unspecified atom stereocenters. The van der Waals surface area contributed by atoms with Gasteiger partial charge in [-0.3, -0.25) is 0 Å². The summed E-state index contributed by atoms with van der Waals surface area (Å²) in [6.07, 6.45) is 3.36. The van der Waals surface area contributed by atoms with Crippen LogP contribution in [0.5, 0.6) is 0 Å². The van der Waals surface area contributed by atoms with E-state index in [-0.39, 0.29) is 6.09 Å². The van der Waals surface area contributed by atoms with Crippen molar-refractivity contribution in [3.63, 3.8) is 0 Å². The van der Waals surface area contributed by atoms with Crippen LogP contribution in [0.2, 0.25) is 0 Å². The molecule has 1 saturated carbocycles. The van der Waals surface area contributed by atoms with Crippen LogP contribution in [0.3, 0.4) is 0 Å². The lowest BCUT2D eigenvalue weighted by molar-refractivity contribution is 0.00882. The Morgan fingerprint density at radius 2 is 2.12 bits per heavy atom. The maximum Gasteiger partial charge on any atom is 0.410 e. The number of fused-ring (bicyclic) bond motifs is 1. The first kappa shape index (κ1) is 11.7. The molecule has 4 nitrogen and oxygen atoms in total. The van der Waals surface area contributed by atoms with Crippen molar-refractivity contribution in [2.24, 2.45) is 0 Å². The highest BCUT2D eigenvalue weighted by Crippen LogP contribution is 2.27. The Balaban J connectivity index is 2.00. The smallest absolute Gasteiger partial charge is 0.410 e. The van der Waals surface area contributed by atoms with Crippen LogP contribution in [0.4, 0.5) is 4.79 Å². The van der Waals surface area contributed by atoms with Gasteiger partial charge in [0.15, 0.2) is 0 Å². The Morgan fingerprint density at radius 1 is 1.38 bits per heavy atom. The highest BCUT2D eigenvalue weighted by molar-refractivity contribution is 5.69. The third-order valence-electron chi connectivity index (χ3n) is 3.27. The first-order chi connectivity index (χ1) is 7.47. The van der Waals surface area contributed by atoms with E-state index in [1.807, 2.05) is 25.7 Å². The number of nitrogens with one attached hydrogen (secondary N) is 1. The van der Waals surface area contributed by atoms with E-state index in [0.29, 0.717) is 12.1 Å². The largest absolute Gasteiger partial charge is 0.444 e. The van der Waals surface area contributed by atoms with Crippen LogP contribution in [0.1, 0.15) is 40.0 Å². The number of ether oxygens (including phenoxy) is 1. The number of amides is 1. The summed E-state index contributed by atoms with van der Waals surface area (Å²) in [7, 11) is 0. The molecule has 2 atom stereocenters. The number of piperazine rings is 1. The number of carbonyl (C=O) groups is 1. The second-order valence-corrected chi connectivity index (χ2v) is 5.73. The Hall–Kier alpha value is -0.770. The second kappa shape index (κ2) is 4.24. The molecule has 1 aliphatic heterocycles. The number of hydrogen-bond acceptors (Lipinski definition) is 3. The number of rotatable bonds is 0. The van der Waals surface area contributed by atoms with Gasteiger partial charge in [0.25, 0.3) is 0 Å². The molecule has 1 aliphatic carbocycles. The number of nitrogens with zero attached hydrogens (tertiary/aromatic N) is 1. The molecule has 2 fully saturated rings. The summed E-state index contributed by atoms with van der Waals surface area (Å²) in [6.45, 7) is 7.41.